The second-order valence-electron chi connectivity index (χ2n) is 4.68. The molecule has 2 rings (SSSR count). The monoisotopic (exact) mass is 287 g/mol. The van der Waals surface area contributed by atoms with Crippen LogP contribution in [-0.4, -0.2) is 34.8 Å². The van der Waals surface area contributed by atoms with Gasteiger partial charge < -0.3 is 14.7 Å². The van der Waals surface area contributed by atoms with Crippen LogP contribution in [0.4, 0.5) is 5.95 Å². The standard InChI is InChI=1S/C16H21N3O2/c1-2-10-19(11-12-20)16-17-9-8-15(18-16)21-13-14-6-4-3-5-7-14/h3-9,20H,2,10-13H2,1H3. The molecule has 0 saturated carbocycles. The van der Waals surface area contributed by atoms with Gasteiger partial charge in [0.15, 0.2) is 0 Å². The van der Waals surface area contributed by atoms with Crippen molar-refractivity contribution >= 4 is 5.95 Å². The Hall–Kier alpha value is -2.14. The normalized spacial score (nSPS) is 10.4. The van der Waals surface area contributed by atoms with Crippen molar-refractivity contribution in [3.63, 3.8) is 0 Å². The van der Waals surface area contributed by atoms with E-state index in [1.54, 1.807) is 12.3 Å². The number of aromatic nitrogens is 2. The zero-order valence-corrected chi connectivity index (χ0v) is 12.3. The summed E-state index contributed by atoms with van der Waals surface area (Å²) in [6.07, 6.45) is 2.65. The van der Waals surface area contributed by atoms with Crippen LogP contribution in [-0.2, 0) is 6.61 Å². The van der Waals surface area contributed by atoms with Crippen LogP contribution in [0.5, 0.6) is 5.88 Å². The average molecular weight is 287 g/mol. The summed E-state index contributed by atoms with van der Waals surface area (Å²) in [7, 11) is 0. The molecule has 0 atom stereocenters. The molecule has 112 valence electrons. The molecule has 0 spiro atoms. The predicted molar refractivity (Wildman–Crippen MR) is 82.4 cm³/mol. The van der Waals surface area contributed by atoms with Crippen molar-refractivity contribution in [3.8, 4) is 5.88 Å². The van der Waals surface area contributed by atoms with E-state index in [4.69, 9.17) is 9.84 Å². The Balaban J connectivity index is 2.02. The molecule has 1 N–H and O–H groups in total. The molecule has 0 aliphatic rings. The summed E-state index contributed by atoms with van der Waals surface area (Å²) in [5, 5.41) is 9.12. The van der Waals surface area contributed by atoms with Gasteiger partial charge >= 0.3 is 0 Å². The highest BCUT2D eigenvalue weighted by atomic mass is 16.5. The highest BCUT2D eigenvalue weighted by Gasteiger charge is 2.09. The molecule has 0 bridgehead atoms. The van der Waals surface area contributed by atoms with Gasteiger partial charge in [-0.05, 0) is 12.0 Å². The maximum atomic E-state index is 9.12. The smallest absolute Gasteiger partial charge is 0.228 e. The lowest BCUT2D eigenvalue weighted by molar-refractivity contribution is 0.291. The SMILES string of the molecule is CCCN(CCO)c1nccc(OCc2ccccc2)n1. The molecule has 0 aliphatic heterocycles. The third kappa shape index (κ3) is 4.72. The van der Waals surface area contributed by atoms with Gasteiger partial charge in [-0.3, -0.25) is 0 Å². The molecule has 0 fully saturated rings. The van der Waals surface area contributed by atoms with Gasteiger partial charge in [-0.15, -0.1) is 0 Å². The fraction of sp³-hybridized carbons (Fsp3) is 0.375. The van der Waals surface area contributed by atoms with E-state index in [1.165, 1.54) is 0 Å². The number of ether oxygens (including phenoxy) is 1. The van der Waals surface area contributed by atoms with E-state index < -0.39 is 0 Å². The average Bonchev–Trinajstić information content (AvgIpc) is 2.54. The lowest BCUT2D eigenvalue weighted by Crippen LogP contribution is -2.29. The molecule has 0 unspecified atom stereocenters. The van der Waals surface area contributed by atoms with E-state index in [-0.39, 0.29) is 6.61 Å². The molecule has 1 aromatic heterocycles. The Morgan fingerprint density at radius 1 is 1.14 bits per heavy atom. The molecule has 21 heavy (non-hydrogen) atoms. The summed E-state index contributed by atoms with van der Waals surface area (Å²) >= 11 is 0. The largest absolute Gasteiger partial charge is 0.473 e. The van der Waals surface area contributed by atoms with E-state index >= 15 is 0 Å². The predicted octanol–water partition coefficient (Wildman–Crippen LogP) is 2.26. The first-order valence-electron chi connectivity index (χ1n) is 7.19. The first kappa shape index (κ1) is 15.3. The molecule has 1 aromatic carbocycles. The van der Waals surface area contributed by atoms with Crippen LogP contribution in [0.15, 0.2) is 42.6 Å². The van der Waals surface area contributed by atoms with Crippen molar-refractivity contribution in [1.82, 2.24) is 9.97 Å². The van der Waals surface area contributed by atoms with Gasteiger partial charge in [-0.1, -0.05) is 37.3 Å². The number of benzene rings is 1. The van der Waals surface area contributed by atoms with Crippen LogP contribution in [0.3, 0.4) is 0 Å². The summed E-state index contributed by atoms with van der Waals surface area (Å²) < 4.78 is 5.70. The van der Waals surface area contributed by atoms with Crippen molar-refractivity contribution in [2.24, 2.45) is 0 Å². The van der Waals surface area contributed by atoms with E-state index in [0.717, 1.165) is 18.5 Å². The van der Waals surface area contributed by atoms with Crippen LogP contribution >= 0.6 is 0 Å². The number of aliphatic hydroxyl groups is 1. The third-order valence-electron chi connectivity index (χ3n) is 2.99. The van der Waals surface area contributed by atoms with Crippen LogP contribution in [0, 0.1) is 0 Å². The van der Waals surface area contributed by atoms with E-state index in [9.17, 15) is 0 Å². The van der Waals surface area contributed by atoms with Gasteiger partial charge in [0, 0.05) is 25.4 Å². The summed E-state index contributed by atoms with van der Waals surface area (Å²) in [6.45, 7) is 3.97. The highest BCUT2D eigenvalue weighted by molar-refractivity contribution is 5.31. The minimum atomic E-state index is 0.0818. The molecule has 5 nitrogen and oxygen atoms in total. The first-order chi connectivity index (χ1) is 10.3. The summed E-state index contributed by atoms with van der Waals surface area (Å²) in [5.74, 6) is 1.14. The van der Waals surface area contributed by atoms with Crippen LogP contribution in [0.1, 0.15) is 18.9 Å². The Bertz CT molecular complexity index is 528. The van der Waals surface area contributed by atoms with Gasteiger partial charge in [0.1, 0.15) is 6.61 Å². The molecule has 1 heterocycles. The van der Waals surface area contributed by atoms with E-state index in [1.807, 2.05) is 35.2 Å². The quantitative estimate of drug-likeness (QED) is 0.807. The Morgan fingerprint density at radius 3 is 2.67 bits per heavy atom. The summed E-state index contributed by atoms with van der Waals surface area (Å²) in [5.41, 5.74) is 1.10. The van der Waals surface area contributed by atoms with E-state index in [0.29, 0.717) is 25.0 Å². The summed E-state index contributed by atoms with van der Waals surface area (Å²) in [4.78, 5) is 10.6. The number of aliphatic hydroxyl groups excluding tert-OH is 1. The molecule has 0 amide bonds. The van der Waals surface area contributed by atoms with Gasteiger partial charge in [0.05, 0.1) is 6.61 Å². The molecule has 0 aliphatic carbocycles. The lowest BCUT2D eigenvalue weighted by atomic mass is 10.2. The molecular formula is C16H21N3O2. The zero-order valence-electron chi connectivity index (χ0n) is 12.3. The minimum Gasteiger partial charge on any atom is -0.473 e. The number of hydrogen-bond donors (Lipinski definition) is 1. The van der Waals surface area contributed by atoms with Crippen molar-refractivity contribution in [1.29, 1.82) is 0 Å². The number of rotatable bonds is 8. The minimum absolute atomic E-state index is 0.0818. The molecule has 5 heteroatoms. The Kier molecular flexibility index (Phi) is 5.97. The van der Waals surface area contributed by atoms with Gasteiger partial charge in [0.2, 0.25) is 11.8 Å². The molecule has 0 radical (unpaired) electrons. The first-order valence-corrected chi connectivity index (χ1v) is 7.19. The maximum Gasteiger partial charge on any atom is 0.228 e. The molecule has 2 aromatic rings. The van der Waals surface area contributed by atoms with Crippen molar-refractivity contribution in [2.75, 3.05) is 24.6 Å². The van der Waals surface area contributed by atoms with E-state index in [2.05, 4.69) is 16.9 Å². The van der Waals surface area contributed by atoms with Crippen LogP contribution < -0.4 is 9.64 Å². The van der Waals surface area contributed by atoms with Gasteiger partial charge in [0.25, 0.3) is 0 Å². The number of nitrogens with zero attached hydrogens (tertiary/aromatic N) is 3. The molecular weight excluding hydrogens is 266 g/mol. The summed E-state index contributed by atoms with van der Waals surface area (Å²) in [6, 6.07) is 11.7. The number of hydrogen-bond acceptors (Lipinski definition) is 5. The van der Waals surface area contributed by atoms with Crippen molar-refractivity contribution in [3.05, 3.63) is 48.2 Å². The third-order valence-corrected chi connectivity index (χ3v) is 2.99. The van der Waals surface area contributed by atoms with Gasteiger partial charge in [-0.25, -0.2) is 4.98 Å². The van der Waals surface area contributed by atoms with Crippen LogP contribution in [0.2, 0.25) is 0 Å². The Labute approximate surface area is 125 Å². The Morgan fingerprint density at radius 2 is 1.95 bits per heavy atom. The zero-order chi connectivity index (χ0) is 14.9. The lowest BCUT2D eigenvalue weighted by Gasteiger charge is -2.21. The fourth-order valence-corrected chi connectivity index (χ4v) is 2.00. The fourth-order valence-electron chi connectivity index (χ4n) is 2.00. The van der Waals surface area contributed by atoms with Crippen LogP contribution in [0.25, 0.3) is 0 Å². The maximum absolute atomic E-state index is 9.12. The van der Waals surface area contributed by atoms with Gasteiger partial charge in [-0.2, -0.15) is 4.98 Å². The molecule has 0 saturated heterocycles. The van der Waals surface area contributed by atoms with Crippen molar-refractivity contribution in [2.45, 2.75) is 20.0 Å². The second kappa shape index (κ2) is 8.21. The topological polar surface area (TPSA) is 58.5 Å². The van der Waals surface area contributed by atoms with Crippen molar-refractivity contribution < 1.29 is 9.84 Å². The highest BCUT2D eigenvalue weighted by Crippen LogP contribution is 2.14. The second-order valence-corrected chi connectivity index (χ2v) is 4.68. The number of anilines is 1.